The maximum atomic E-state index is 12.2. The van der Waals surface area contributed by atoms with E-state index in [0.717, 1.165) is 0 Å². The third kappa shape index (κ3) is 4.26. The minimum Gasteiger partial charge on any atom is -0.495 e. The number of nitrogens with one attached hydrogen (secondary N) is 1. The molecule has 0 aliphatic carbocycles. The fourth-order valence-electron chi connectivity index (χ4n) is 1.97. The Kier molecular flexibility index (Phi) is 5.81. The van der Waals surface area contributed by atoms with Gasteiger partial charge in [0.25, 0.3) is 5.91 Å². The van der Waals surface area contributed by atoms with Crippen LogP contribution in [0, 0.1) is 0 Å². The summed E-state index contributed by atoms with van der Waals surface area (Å²) in [7, 11) is 1.50. The Morgan fingerprint density at radius 3 is 2.62 bits per heavy atom. The van der Waals surface area contributed by atoms with E-state index < -0.39 is 18.0 Å². The third-order valence-electron chi connectivity index (χ3n) is 3.25. The van der Waals surface area contributed by atoms with Crippen LogP contribution in [0.5, 0.6) is 5.75 Å². The summed E-state index contributed by atoms with van der Waals surface area (Å²) in [5, 5.41) is 2.66. The first-order valence-corrected chi connectivity index (χ1v) is 7.91. The molecule has 6 nitrogen and oxygen atoms in total. The Bertz CT molecular complexity index is 764. The van der Waals surface area contributed by atoms with Gasteiger partial charge >= 0.3 is 5.97 Å². The predicted octanol–water partition coefficient (Wildman–Crippen LogP) is 3.22. The highest BCUT2D eigenvalue weighted by Crippen LogP contribution is 2.24. The van der Waals surface area contributed by atoms with Crippen molar-refractivity contribution in [2.24, 2.45) is 0 Å². The zero-order valence-electron chi connectivity index (χ0n) is 13.2. The van der Waals surface area contributed by atoms with Gasteiger partial charge in [0.2, 0.25) is 0 Å². The van der Waals surface area contributed by atoms with E-state index in [1.165, 1.54) is 14.0 Å². The van der Waals surface area contributed by atoms with E-state index in [1.54, 1.807) is 42.5 Å². The van der Waals surface area contributed by atoms with Gasteiger partial charge in [-0.15, -0.1) is 0 Å². The Morgan fingerprint density at radius 1 is 1.21 bits per heavy atom. The Balaban J connectivity index is 2.06. The number of hydrogen-bond donors (Lipinski definition) is 2. The van der Waals surface area contributed by atoms with Crippen molar-refractivity contribution in [3.05, 3.63) is 52.5 Å². The Labute approximate surface area is 148 Å². The van der Waals surface area contributed by atoms with Crippen LogP contribution < -0.4 is 15.8 Å². The maximum Gasteiger partial charge on any atom is 0.341 e. The summed E-state index contributed by atoms with van der Waals surface area (Å²) in [6, 6.07) is 11.8. The van der Waals surface area contributed by atoms with Gasteiger partial charge in [-0.1, -0.05) is 28.1 Å². The van der Waals surface area contributed by atoms with Gasteiger partial charge in [-0.25, -0.2) is 4.79 Å². The summed E-state index contributed by atoms with van der Waals surface area (Å²) < 4.78 is 11.0. The minimum absolute atomic E-state index is 0.196. The Hall–Kier alpha value is -2.54. The van der Waals surface area contributed by atoms with Crippen LogP contribution in [0.2, 0.25) is 0 Å². The molecular formula is C17H17BrN2O4. The molecule has 1 unspecified atom stereocenters. The number of halogens is 1. The fourth-order valence-corrected chi connectivity index (χ4v) is 2.33. The summed E-state index contributed by atoms with van der Waals surface area (Å²) in [5.74, 6) is -0.626. The molecule has 1 amide bonds. The molecule has 0 saturated carbocycles. The van der Waals surface area contributed by atoms with Crippen molar-refractivity contribution < 1.29 is 19.1 Å². The van der Waals surface area contributed by atoms with E-state index in [1.807, 2.05) is 0 Å². The highest BCUT2D eigenvalue weighted by atomic mass is 79.9. The van der Waals surface area contributed by atoms with Crippen molar-refractivity contribution in [2.45, 2.75) is 13.0 Å². The molecule has 0 aliphatic heterocycles. The number of carbonyl (C=O) groups excluding carboxylic acids is 2. The zero-order valence-corrected chi connectivity index (χ0v) is 14.8. The van der Waals surface area contributed by atoms with Crippen LogP contribution in [0.25, 0.3) is 0 Å². The molecule has 0 bridgehead atoms. The lowest BCUT2D eigenvalue weighted by molar-refractivity contribution is -0.123. The molecule has 126 valence electrons. The van der Waals surface area contributed by atoms with E-state index in [4.69, 9.17) is 15.2 Å². The van der Waals surface area contributed by atoms with Crippen molar-refractivity contribution >= 4 is 39.2 Å². The number of benzene rings is 2. The fraction of sp³-hybridized carbons (Fsp3) is 0.176. The topological polar surface area (TPSA) is 90.6 Å². The van der Waals surface area contributed by atoms with Crippen LogP contribution in [0.1, 0.15) is 17.3 Å². The molecule has 0 fully saturated rings. The van der Waals surface area contributed by atoms with Gasteiger partial charge in [-0.2, -0.15) is 0 Å². The molecule has 0 spiro atoms. The third-order valence-corrected chi connectivity index (χ3v) is 3.75. The van der Waals surface area contributed by atoms with E-state index in [-0.39, 0.29) is 11.3 Å². The molecule has 0 saturated heterocycles. The van der Waals surface area contributed by atoms with E-state index in [2.05, 4.69) is 21.2 Å². The monoisotopic (exact) mass is 392 g/mol. The SMILES string of the molecule is COc1ccccc1NC(=O)C(C)OC(=O)c1cc(Br)ccc1N. The molecule has 0 aromatic heterocycles. The standard InChI is InChI=1S/C17H17BrN2O4/c1-10(16(21)20-14-5-3-4-6-15(14)23-2)24-17(22)12-9-11(18)7-8-13(12)19/h3-10H,19H2,1-2H3,(H,20,21). The number of methoxy groups -OCH3 is 1. The summed E-state index contributed by atoms with van der Waals surface area (Å²) >= 11 is 3.26. The number of esters is 1. The Morgan fingerprint density at radius 2 is 1.92 bits per heavy atom. The predicted molar refractivity (Wildman–Crippen MR) is 95.1 cm³/mol. The van der Waals surface area contributed by atoms with Crippen LogP contribution in [-0.4, -0.2) is 25.1 Å². The van der Waals surface area contributed by atoms with Crippen LogP contribution in [0.3, 0.4) is 0 Å². The zero-order chi connectivity index (χ0) is 17.7. The number of carbonyl (C=O) groups is 2. The van der Waals surface area contributed by atoms with Crippen LogP contribution >= 0.6 is 15.9 Å². The highest BCUT2D eigenvalue weighted by Gasteiger charge is 2.21. The van der Waals surface area contributed by atoms with Gasteiger partial charge in [-0.05, 0) is 37.3 Å². The van der Waals surface area contributed by atoms with Crippen molar-refractivity contribution in [3.8, 4) is 5.75 Å². The number of anilines is 2. The lowest BCUT2D eigenvalue weighted by Gasteiger charge is -2.15. The minimum atomic E-state index is -0.999. The lowest BCUT2D eigenvalue weighted by Crippen LogP contribution is -2.30. The number of amides is 1. The molecular weight excluding hydrogens is 376 g/mol. The number of nitrogen functional groups attached to an aromatic ring is 1. The molecule has 2 aromatic rings. The molecule has 0 aliphatic rings. The van der Waals surface area contributed by atoms with Crippen LogP contribution in [0.15, 0.2) is 46.9 Å². The van der Waals surface area contributed by atoms with Crippen LogP contribution in [0.4, 0.5) is 11.4 Å². The van der Waals surface area contributed by atoms with Gasteiger partial charge in [0, 0.05) is 10.2 Å². The first-order valence-electron chi connectivity index (χ1n) is 7.12. The average molecular weight is 393 g/mol. The van der Waals surface area contributed by atoms with Crippen molar-refractivity contribution in [3.63, 3.8) is 0 Å². The van der Waals surface area contributed by atoms with Gasteiger partial charge in [-0.3, -0.25) is 4.79 Å². The summed E-state index contributed by atoms with van der Waals surface area (Å²) in [6.07, 6.45) is -0.999. The van der Waals surface area contributed by atoms with E-state index in [0.29, 0.717) is 15.9 Å². The molecule has 24 heavy (non-hydrogen) atoms. The van der Waals surface area contributed by atoms with E-state index >= 15 is 0 Å². The van der Waals surface area contributed by atoms with Gasteiger partial charge in [0.05, 0.1) is 18.4 Å². The second-order valence-electron chi connectivity index (χ2n) is 4.97. The summed E-state index contributed by atoms with van der Waals surface area (Å²) in [5.41, 5.74) is 6.73. The largest absolute Gasteiger partial charge is 0.495 e. The number of para-hydroxylation sites is 2. The first kappa shape index (κ1) is 17.8. The summed E-state index contributed by atoms with van der Waals surface area (Å²) in [4.78, 5) is 24.4. The number of rotatable bonds is 5. The average Bonchev–Trinajstić information content (AvgIpc) is 2.57. The molecule has 3 N–H and O–H groups in total. The van der Waals surface area contributed by atoms with Gasteiger partial charge in [0.15, 0.2) is 6.10 Å². The van der Waals surface area contributed by atoms with Crippen LogP contribution in [-0.2, 0) is 9.53 Å². The normalized spacial score (nSPS) is 11.5. The number of ether oxygens (including phenoxy) is 2. The summed E-state index contributed by atoms with van der Waals surface area (Å²) in [6.45, 7) is 1.48. The van der Waals surface area contributed by atoms with Gasteiger partial charge < -0.3 is 20.5 Å². The second kappa shape index (κ2) is 7.83. The van der Waals surface area contributed by atoms with E-state index in [9.17, 15) is 9.59 Å². The molecule has 1 atom stereocenters. The number of nitrogens with two attached hydrogens (primary N) is 1. The molecule has 0 heterocycles. The van der Waals surface area contributed by atoms with Gasteiger partial charge in [0.1, 0.15) is 5.75 Å². The first-order chi connectivity index (χ1) is 11.4. The molecule has 2 aromatic carbocycles. The molecule has 7 heteroatoms. The molecule has 0 radical (unpaired) electrons. The smallest absolute Gasteiger partial charge is 0.341 e. The van der Waals surface area contributed by atoms with Crippen molar-refractivity contribution in [2.75, 3.05) is 18.2 Å². The lowest BCUT2D eigenvalue weighted by atomic mass is 10.2. The van der Waals surface area contributed by atoms with Crippen molar-refractivity contribution in [1.29, 1.82) is 0 Å². The molecule has 2 rings (SSSR count). The maximum absolute atomic E-state index is 12.2. The highest BCUT2D eigenvalue weighted by molar-refractivity contribution is 9.10. The van der Waals surface area contributed by atoms with Crippen molar-refractivity contribution in [1.82, 2.24) is 0 Å². The quantitative estimate of drug-likeness (QED) is 0.601. The number of hydrogen-bond acceptors (Lipinski definition) is 5. The second-order valence-corrected chi connectivity index (χ2v) is 5.88.